The Balaban J connectivity index is 1.14. The van der Waals surface area contributed by atoms with Gasteiger partial charge in [-0.1, -0.05) is 30.3 Å². The molecule has 0 unspecified atom stereocenters. The molecular weight excluding hydrogens is 560 g/mol. The molecule has 10 nitrogen and oxygen atoms in total. The van der Waals surface area contributed by atoms with Gasteiger partial charge >= 0.3 is 6.03 Å². The van der Waals surface area contributed by atoms with Crippen LogP contribution in [0.3, 0.4) is 0 Å². The summed E-state index contributed by atoms with van der Waals surface area (Å²) in [4.78, 5) is 30.1. The number of morpholine rings is 1. The van der Waals surface area contributed by atoms with Crippen LogP contribution in [-0.2, 0) is 4.74 Å². The summed E-state index contributed by atoms with van der Waals surface area (Å²) in [7, 11) is 0. The molecule has 0 atom stereocenters. The van der Waals surface area contributed by atoms with Gasteiger partial charge in [-0.15, -0.1) is 11.3 Å². The number of amides is 2. The van der Waals surface area contributed by atoms with Gasteiger partial charge in [-0.2, -0.15) is 0 Å². The van der Waals surface area contributed by atoms with Crippen molar-refractivity contribution in [2.45, 2.75) is 0 Å². The molecule has 1 fully saturated rings. The van der Waals surface area contributed by atoms with Crippen molar-refractivity contribution in [2.75, 3.05) is 47.2 Å². The Labute approximate surface area is 252 Å². The second-order valence-electron chi connectivity index (χ2n) is 9.93. The molecule has 0 radical (unpaired) electrons. The number of nitrogens with zero attached hydrogens (tertiary/aromatic N) is 5. The number of imidazole rings is 1. The SMILES string of the molecule is O=C(Nc1ccccc1)Nc1cccc(-c2nc3sccn3c2-c2ccnc(Nc3ccc(N4CCOCC4)cc3)n2)c1. The van der Waals surface area contributed by atoms with E-state index < -0.39 is 0 Å². The predicted octanol–water partition coefficient (Wildman–Crippen LogP) is 6.74. The van der Waals surface area contributed by atoms with E-state index in [9.17, 15) is 4.79 Å². The summed E-state index contributed by atoms with van der Waals surface area (Å²) in [6, 6.07) is 26.8. The van der Waals surface area contributed by atoms with Crippen LogP contribution in [0.4, 0.5) is 33.5 Å². The van der Waals surface area contributed by atoms with Crippen LogP contribution in [0, 0.1) is 0 Å². The molecule has 0 spiro atoms. The Morgan fingerprint density at radius 1 is 0.837 bits per heavy atom. The summed E-state index contributed by atoms with van der Waals surface area (Å²) >= 11 is 1.55. The van der Waals surface area contributed by atoms with Crippen molar-refractivity contribution >= 4 is 51.0 Å². The van der Waals surface area contributed by atoms with E-state index in [0.717, 1.165) is 59.6 Å². The zero-order chi connectivity index (χ0) is 29.0. The average molecular weight is 589 g/mol. The van der Waals surface area contributed by atoms with Gasteiger partial charge in [0.25, 0.3) is 0 Å². The number of benzene rings is 3. The molecule has 1 aliphatic heterocycles. The molecule has 1 aliphatic rings. The van der Waals surface area contributed by atoms with E-state index in [1.54, 1.807) is 17.5 Å². The summed E-state index contributed by atoms with van der Waals surface area (Å²) in [6.45, 7) is 3.28. The lowest BCUT2D eigenvalue weighted by Crippen LogP contribution is -2.36. The van der Waals surface area contributed by atoms with Crippen molar-refractivity contribution in [3.8, 4) is 22.6 Å². The maximum Gasteiger partial charge on any atom is 0.323 e. The highest BCUT2D eigenvalue weighted by Crippen LogP contribution is 2.35. The number of urea groups is 1. The van der Waals surface area contributed by atoms with Crippen LogP contribution in [0.5, 0.6) is 0 Å². The minimum absolute atomic E-state index is 0.320. The molecule has 43 heavy (non-hydrogen) atoms. The Morgan fingerprint density at radius 3 is 2.47 bits per heavy atom. The number of anilines is 5. The van der Waals surface area contributed by atoms with Crippen LogP contribution >= 0.6 is 11.3 Å². The lowest BCUT2D eigenvalue weighted by molar-refractivity contribution is 0.122. The van der Waals surface area contributed by atoms with Crippen molar-refractivity contribution in [3.63, 3.8) is 0 Å². The monoisotopic (exact) mass is 588 g/mol. The largest absolute Gasteiger partial charge is 0.378 e. The van der Waals surface area contributed by atoms with Gasteiger partial charge in [0.1, 0.15) is 5.69 Å². The Bertz CT molecular complexity index is 1860. The molecule has 3 aromatic carbocycles. The standard InChI is InChI=1S/C32H28N8O2S/c41-31(35-23-6-2-1-3-7-23)36-25-8-4-5-22(21-25)28-29(40-17-20-43-32(40)38-28)27-13-14-33-30(37-27)34-24-9-11-26(12-10-24)39-15-18-42-19-16-39/h1-14,17,20-21H,15-16,18-19H2,(H,33,34,37)(H2,35,36,41). The van der Waals surface area contributed by atoms with Gasteiger partial charge in [0.2, 0.25) is 5.95 Å². The minimum atomic E-state index is -0.320. The summed E-state index contributed by atoms with van der Waals surface area (Å²) < 4.78 is 7.50. The number of aromatic nitrogens is 4. The summed E-state index contributed by atoms with van der Waals surface area (Å²) in [6.07, 6.45) is 3.73. The topological polar surface area (TPSA) is 109 Å². The number of carbonyl (C=O) groups is 1. The second-order valence-corrected chi connectivity index (χ2v) is 10.8. The van der Waals surface area contributed by atoms with Gasteiger partial charge in [0.05, 0.1) is 24.6 Å². The number of hydrogen-bond acceptors (Lipinski definition) is 8. The highest BCUT2D eigenvalue weighted by atomic mass is 32.1. The van der Waals surface area contributed by atoms with Gasteiger partial charge in [0, 0.05) is 59.2 Å². The van der Waals surface area contributed by atoms with Crippen LogP contribution in [0.15, 0.2) is 103 Å². The van der Waals surface area contributed by atoms with Gasteiger partial charge in [-0.3, -0.25) is 4.40 Å². The maximum absolute atomic E-state index is 12.6. The quantitative estimate of drug-likeness (QED) is 0.189. The fraction of sp³-hybridized carbons (Fsp3) is 0.125. The van der Waals surface area contributed by atoms with Crippen molar-refractivity contribution < 1.29 is 9.53 Å². The zero-order valence-electron chi connectivity index (χ0n) is 23.1. The molecule has 2 amide bonds. The number of para-hydroxylation sites is 1. The molecule has 11 heteroatoms. The number of hydrogen-bond donors (Lipinski definition) is 3. The third kappa shape index (κ3) is 5.89. The smallest absolute Gasteiger partial charge is 0.323 e. The number of nitrogens with one attached hydrogen (secondary N) is 3. The predicted molar refractivity (Wildman–Crippen MR) is 171 cm³/mol. The number of ether oxygens (including phenoxy) is 1. The summed E-state index contributed by atoms with van der Waals surface area (Å²) in [5.41, 5.74) is 6.62. The Morgan fingerprint density at radius 2 is 1.63 bits per heavy atom. The molecule has 0 bridgehead atoms. The van der Waals surface area contributed by atoms with Crippen LogP contribution in [0.2, 0.25) is 0 Å². The number of rotatable bonds is 7. The van der Waals surface area contributed by atoms with Crippen molar-refractivity contribution in [1.82, 2.24) is 19.4 Å². The minimum Gasteiger partial charge on any atom is -0.378 e. The van der Waals surface area contributed by atoms with Crippen molar-refractivity contribution in [2.24, 2.45) is 0 Å². The van der Waals surface area contributed by atoms with E-state index in [1.807, 2.05) is 88.8 Å². The third-order valence-corrected chi connectivity index (χ3v) is 7.84. The molecule has 214 valence electrons. The molecule has 0 saturated carbocycles. The van der Waals surface area contributed by atoms with Crippen LogP contribution in [0.25, 0.3) is 27.6 Å². The van der Waals surface area contributed by atoms with E-state index in [2.05, 4.69) is 38.0 Å². The summed E-state index contributed by atoms with van der Waals surface area (Å²) in [5, 5.41) is 11.1. The molecule has 3 N–H and O–H groups in total. The van der Waals surface area contributed by atoms with E-state index >= 15 is 0 Å². The van der Waals surface area contributed by atoms with E-state index in [-0.39, 0.29) is 6.03 Å². The van der Waals surface area contributed by atoms with E-state index in [1.165, 1.54) is 5.69 Å². The Hall–Kier alpha value is -5.26. The first kappa shape index (κ1) is 26.6. The molecule has 4 heterocycles. The van der Waals surface area contributed by atoms with E-state index in [4.69, 9.17) is 14.7 Å². The average Bonchev–Trinajstić information content (AvgIpc) is 3.65. The molecule has 3 aromatic heterocycles. The molecular formula is C32H28N8O2S. The Kier molecular flexibility index (Phi) is 7.38. The third-order valence-electron chi connectivity index (χ3n) is 7.09. The summed E-state index contributed by atoms with van der Waals surface area (Å²) in [5.74, 6) is 0.487. The van der Waals surface area contributed by atoms with Crippen LogP contribution < -0.4 is 20.9 Å². The van der Waals surface area contributed by atoms with Crippen molar-refractivity contribution in [1.29, 1.82) is 0 Å². The number of thiazole rings is 1. The van der Waals surface area contributed by atoms with Gasteiger partial charge in [-0.25, -0.2) is 19.7 Å². The van der Waals surface area contributed by atoms with Crippen LogP contribution in [0.1, 0.15) is 0 Å². The van der Waals surface area contributed by atoms with E-state index in [0.29, 0.717) is 17.3 Å². The first-order valence-electron chi connectivity index (χ1n) is 13.9. The first-order valence-corrected chi connectivity index (χ1v) is 14.8. The lowest BCUT2D eigenvalue weighted by Gasteiger charge is -2.28. The number of carbonyl (C=O) groups excluding carboxylic acids is 1. The number of fused-ring (bicyclic) bond motifs is 1. The fourth-order valence-electron chi connectivity index (χ4n) is 5.05. The first-order chi connectivity index (χ1) is 21.2. The maximum atomic E-state index is 12.6. The zero-order valence-corrected chi connectivity index (χ0v) is 23.9. The van der Waals surface area contributed by atoms with Crippen molar-refractivity contribution in [3.05, 3.63) is 103 Å². The highest BCUT2D eigenvalue weighted by molar-refractivity contribution is 7.15. The lowest BCUT2D eigenvalue weighted by atomic mass is 10.1. The van der Waals surface area contributed by atoms with Gasteiger partial charge < -0.3 is 25.6 Å². The normalized spacial score (nSPS) is 13.2. The van der Waals surface area contributed by atoms with Gasteiger partial charge in [0.15, 0.2) is 4.96 Å². The van der Waals surface area contributed by atoms with Crippen LogP contribution in [-0.4, -0.2) is 51.7 Å². The molecule has 1 saturated heterocycles. The second kappa shape index (κ2) is 11.9. The fourth-order valence-corrected chi connectivity index (χ4v) is 5.76. The molecule has 6 aromatic rings. The van der Waals surface area contributed by atoms with Gasteiger partial charge in [-0.05, 0) is 54.6 Å². The molecule has 7 rings (SSSR count). The highest BCUT2D eigenvalue weighted by Gasteiger charge is 2.19. The molecule has 0 aliphatic carbocycles.